The van der Waals surface area contributed by atoms with Crippen LogP contribution in [-0.2, 0) is 0 Å². The molecule has 0 aliphatic heterocycles. The first-order valence-electron chi connectivity index (χ1n) is 6.65. The van der Waals surface area contributed by atoms with Crippen LogP contribution in [0.25, 0.3) is 0 Å². The van der Waals surface area contributed by atoms with Crippen molar-refractivity contribution in [1.82, 2.24) is 4.90 Å². The molecule has 1 aromatic rings. The minimum atomic E-state index is -0.485. The molecule has 0 heterocycles. The van der Waals surface area contributed by atoms with Crippen molar-refractivity contribution in [2.45, 2.75) is 32.7 Å². The van der Waals surface area contributed by atoms with Gasteiger partial charge in [-0.2, -0.15) is 0 Å². The van der Waals surface area contributed by atoms with Gasteiger partial charge < -0.3 is 4.90 Å². The van der Waals surface area contributed by atoms with Crippen LogP contribution in [0.5, 0.6) is 0 Å². The molecule has 0 aromatic heterocycles. The Balaban J connectivity index is 2.26. The molecule has 1 aromatic carbocycles. The normalized spacial score (nSPS) is 14.4. The van der Waals surface area contributed by atoms with Crippen LogP contribution in [0.15, 0.2) is 22.7 Å². The molecule has 0 bridgehead atoms. The maximum absolute atomic E-state index is 12.5. The molecule has 0 atom stereocenters. The molecule has 1 saturated carbocycles. The lowest BCUT2D eigenvalue weighted by Crippen LogP contribution is -2.38. The second-order valence-electron chi connectivity index (χ2n) is 5.42. The lowest BCUT2D eigenvalue weighted by molar-refractivity contribution is -0.385. The van der Waals surface area contributed by atoms with E-state index in [1.165, 1.54) is 6.07 Å². The molecule has 108 valence electrons. The summed E-state index contributed by atoms with van der Waals surface area (Å²) in [6.07, 6.45) is 2.33. The average molecular weight is 341 g/mol. The number of carbonyl (C=O) groups excluding carboxylic acids is 1. The molecule has 0 saturated heterocycles. The van der Waals surface area contributed by atoms with E-state index in [2.05, 4.69) is 15.9 Å². The third kappa shape index (κ3) is 3.36. The average Bonchev–Trinajstić information content (AvgIpc) is 3.19. The Morgan fingerprint density at radius 2 is 2.15 bits per heavy atom. The van der Waals surface area contributed by atoms with Crippen molar-refractivity contribution in [3.05, 3.63) is 38.3 Å². The molecule has 1 aliphatic carbocycles. The van der Waals surface area contributed by atoms with Crippen molar-refractivity contribution < 1.29 is 9.72 Å². The molecular weight excluding hydrogens is 324 g/mol. The van der Waals surface area contributed by atoms with Gasteiger partial charge in [0, 0.05) is 24.2 Å². The van der Waals surface area contributed by atoms with Crippen LogP contribution in [0.2, 0.25) is 0 Å². The van der Waals surface area contributed by atoms with E-state index in [1.54, 1.807) is 17.0 Å². The van der Waals surface area contributed by atoms with Gasteiger partial charge >= 0.3 is 0 Å². The third-order valence-electron chi connectivity index (χ3n) is 3.43. The predicted octanol–water partition coefficient (Wildman–Crippen LogP) is 3.62. The van der Waals surface area contributed by atoms with Gasteiger partial charge in [0.15, 0.2) is 0 Å². The van der Waals surface area contributed by atoms with Gasteiger partial charge in [0.1, 0.15) is 0 Å². The standard InChI is InChI=1S/C14H17BrN2O3/c1-9(2)16(8-10-3-4-10)14(18)11-5-6-12(15)13(7-11)17(19)20/h5-7,9-10H,3-4,8H2,1-2H3. The van der Waals surface area contributed by atoms with Crippen molar-refractivity contribution in [3.63, 3.8) is 0 Å². The summed E-state index contributed by atoms with van der Waals surface area (Å²) in [5.74, 6) is 0.453. The van der Waals surface area contributed by atoms with Crippen molar-refractivity contribution >= 4 is 27.5 Å². The Kier molecular flexibility index (Phi) is 4.42. The Bertz CT molecular complexity index is 541. The number of nitrogens with zero attached hydrogens (tertiary/aromatic N) is 2. The Labute approximate surface area is 126 Å². The summed E-state index contributed by atoms with van der Waals surface area (Å²) in [4.78, 5) is 24.8. The summed E-state index contributed by atoms with van der Waals surface area (Å²) < 4.78 is 0.386. The number of nitro benzene ring substituents is 1. The van der Waals surface area contributed by atoms with E-state index in [0.29, 0.717) is 16.0 Å². The van der Waals surface area contributed by atoms with Crippen LogP contribution in [0.4, 0.5) is 5.69 Å². The van der Waals surface area contributed by atoms with E-state index >= 15 is 0 Å². The smallest absolute Gasteiger partial charge is 0.284 e. The summed E-state index contributed by atoms with van der Waals surface area (Å²) in [6.45, 7) is 4.67. The zero-order valence-electron chi connectivity index (χ0n) is 11.5. The van der Waals surface area contributed by atoms with E-state index in [-0.39, 0.29) is 17.6 Å². The molecule has 0 spiro atoms. The number of hydrogen-bond acceptors (Lipinski definition) is 3. The zero-order valence-corrected chi connectivity index (χ0v) is 13.1. The lowest BCUT2D eigenvalue weighted by atomic mass is 10.1. The van der Waals surface area contributed by atoms with E-state index in [0.717, 1.165) is 19.4 Å². The first-order chi connectivity index (χ1) is 9.40. The molecule has 1 fully saturated rings. The first-order valence-corrected chi connectivity index (χ1v) is 7.44. The highest BCUT2D eigenvalue weighted by atomic mass is 79.9. The topological polar surface area (TPSA) is 63.5 Å². The zero-order chi connectivity index (χ0) is 14.9. The van der Waals surface area contributed by atoms with Gasteiger partial charge in [0.05, 0.1) is 9.40 Å². The fourth-order valence-corrected chi connectivity index (χ4v) is 2.45. The molecule has 2 rings (SSSR count). The number of hydrogen-bond donors (Lipinski definition) is 0. The number of carbonyl (C=O) groups is 1. The largest absolute Gasteiger partial charge is 0.336 e. The van der Waals surface area contributed by atoms with Crippen LogP contribution in [0.3, 0.4) is 0 Å². The van der Waals surface area contributed by atoms with E-state index in [9.17, 15) is 14.9 Å². The van der Waals surface area contributed by atoms with Gasteiger partial charge in [-0.05, 0) is 60.7 Å². The molecule has 0 radical (unpaired) electrons. The monoisotopic (exact) mass is 340 g/mol. The van der Waals surface area contributed by atoms with E-state index < -0.39 is 4.92 Å². The van der Waals surface area contributed by atoms with Crippen LogP contribution in [0.1, 0.15) is 37.0 Å². The van der Waals surface area contributed by atoms with Gasteiger partial charge in [-0.15, -0.1) is 0 Å². The molecule has 1 amide bonds. The molecular formula is C14H17BrN2O3. The van der Waals surface area contributed by atoms with E-state index in [1.807, 2.05) is 13.8 Å². The summed E-state index contributed by atoms with van der Waals surface area (Å²) in [5.41, 5.74) is 0.292. The Morgan fingerprint density at radius 1 is 1.50 bits per heavy atom. The SMILES string of the molecule is CC(C)N(CC1CC1)C(=O)c1ccc(Br)c([N+](=O)[O-])c1. The fraction of sp³-hybridized carbons (Fsp3) is 0.500. The van der Waals surface area contributed by atoms with Gasteiger partial charge in [-0.1, -0.05) is 0 Å². The highest BCUT2D eigenvalue weighted by Crippen LogP contribution is 2.31. The lowest BCUT2D eigenvalue weighted by Gasteiger charge is -2.26. The predicted molar refractivity (Wildman–Crippen MR) is 79.7 cm³/mol. The molecule has 6 heteroatoms. The van der Waals surface area contributed by atoms with Crippen LogP contribution < -0.4 is 0 Å². The first kappa shape index (κ1) is 15.0. The molecule has 5 nitrogen and oxygen atoms in total. The summed E-state index contributed by atoms with van der Waals surface area (Å²) >= 11 is 3.13. The third-order valence-corrected chi connectivity index (χ3v) is 4.10. The number of halogens is 1. The maximum atomic E-state index is 12.5. The van der Waals surface area contributed by atoms with Crippen LogP contribution in [-0.4, -0.2) is 28.3 Å². The quantitative estimate of drug-likeness (QED) is 0.607. The second kappa shape index (κ2) is 5.91. The minimum Gasteiger partial charge on any atom is -0.336 e. The highest BCUT2D eigenvalue weighted by molar-refractivity contribution is 9.10. The minimum absolute atomic E-state index is 0.0778. The number of rotatable bonds is 5. The Morgan fingerprint density at radius 3 is 2.65 bits per heavy atom. The van der Waals surface area contributed by atoms with Crippen molar-refractivity contribution in [1.29, 1.82) is 0 Å². The van der Waals surface area contributed by atoms with Crippen LogP contribution in [0, 0.1) is 16.0 Å². The number of amides is 1. The van der Waals surface area contributed by atoms with Crippen molar-refractivity contribution in [2.24, 2.45) is 5.92 Å². The maximum Gasteiger partial charge on any atom is 0.284 e. The summed E-state index contributed by atoms with van der Waals surface area (Å²) in [6, 6.07) is 4.61. The highest BCUT2D eigenvalue weighted by Gasteiger charge is 2.29. The van der Waals surface area contributed by atoms with Gasteiger partial charge in [-0.3, -0.25) is 14.9 Å². The van der Waals surface area contributed by atoms with Crippen LogP contribution >= 0.6 is 15.9 Å². The van der Waals surface area contributed by atoms with Gasteiger partial charge in [0.2, 0.25) is 0 Å². The number of nitro groups is 1. The van der Waals surface area contributed by atoms with E-state index in [4.69, 9.17) is 0 Å². The van der Waals surface area contributed by atoms with Crippen molar-refractivity contribution in [3.8, 4) is 0 Å². The summed E-state index contributed by atoms with van der Waals surface area (Å²) in [5, 5.41) is 10.9. The Hall–Kier alpha value is -1.43. The molecule has 0 unspecified atom stereocenters. The molecule has 1 aliphatic rings. The van der Waals surface area contributed by atoms with Gasteiger partial charge in [-0.25, -0.2) is 0 Å². The second-order valence-corrected chi connectivity index (χ2v) is 6.27. The number of benzene rings is 1. The summed E-state index contributed by atoms with van der Waals surface area (Å²) in [7, 11) is 0. The molecule has 0 N–H and O–H groups in total. The van der Waals surface area contributed by atoms with Gasteiger partial charge in [0.25, 0.3) is 11.6 Å². The fourth-order valence-electron chi connectivity index (χ4n) is 2.06. The molecule has 20 heavy (non-hydrogen) atoms. The van der Waals surface area contributed by atoms with Crippen molar-refractivity contribution in [2.75, 3.05) is 6.54 Å².